The molecule has 0 radical (unpaired) electrons. The summed E-state index contributed by atoms with van der Waals surface area (Å²) in [5.74, 6) is 0.639. The Hall–Kier alpha value is -1.62. The van der Waals surface area contributed by atoms with Gasteiger partial charge in [0.1, 0.15) is 11.5 Å². The van der Waals surface area contributed by atoms with Crippen molar-refractivity contribution in [1.29, 1.82) is 0 Å². The second-order valence-electron chi connectivity index (χ2n) is 4.62. The van der Waals surface area contributed by atoms with Crippen LogP contribution in [0.15, 0.2) is 18.2 Å². The maximum atomic E-state index is 12.0. The lowest BCUT2D eigenvalue weighted by Crippen LogP contribution is -2.35. The molecule has 0 saturated heterocycles. The van der Waals surface area contributed by atoms with Gasteiger partial charge in [0.25, 0.3) is 5.91 Å². The fourth-order valence-corrected chi connectivity index (χ4v) is 1.87. The first-order valence-corrected chi connectivity index (χ1v) is 7.42. The van der Waals surface area contributed by atoms with E-state index in [0.717, 1.165) is 38.4 Å². The molecule has 0 spiro atoms. The smallest absolute Gasteiger partial charge is 0.270 e. The van der Waals surface area contributed by atoms with Crippen molar-refractivity contribution in [3.63, 3.8) is 0 Å². The zero-order chi connectivity index (χ0) is 14.8. The van der Waals surface area contributed by atoms with E-state index in [2.05, 4.69) is 41.3 Å². The van der Waals surface area contributed by atoms with Gasteiger partial charge in [-0.1, -0.05) is 26.8 Å². The molecule has 1 amide bonds. The number of nitrogens with zero attached hydrogens (tertiary/aromatic N) is 2. The van der Waals surface area contributed by atoms with E-state index in [1.54, 1.807) is 6.07 Å². The summed E-state index contributed by atoms with van der Waals surface area (Å²) in [6, 6.07) is 5.47. The van der Waals surface area contributed by atoms with Crippen molar-refractivity contribution in [3.8, 4) is 0 Å². The number of carbonyl (C=O) groups excluding carboxylic acids is 1. The average Bonchev–Trinajstić information content (AvgIpc) is 2.49. The number of nitrogens with one attached hydrogen (secondary N) is 2. The lowest BCUT2D eigenvalue weighted by Gasteiger charge is -2.17. The highest BCUT2D eigenvalue weighted by molar-refractivity contribution is 5.92. The van der Waals surface area contributed by atoms with Crippen LogP contribution in [0.25, 0.3) is 0 Å². The number of likely N-dealkylation sites (N-methyl/N-ethyl adjacent to an activating group) is 1. The summed E-state index contributed by atoms with van der Waals surface area (Å²) >= 11 is 0. The minimum absolute atomic E-state index is 0.114. The SMILES string of the molecule is CCCNc1cccc(C(=O)NCCN(CC)CC)n1. The summed E-state index contributed by atoms with van der Waals surface area (Å²) < 4.78 is 0. The van der Waals surface area contributed by atoms with Gasteiger partial charge >= 0.3 is 0 Å². The van der Waals surface area contributed by atoms with Gasteiger partial charge in [0.15, 0.2) is 0 Å². The molecule has 0 aliphatic carbocycles. The molecule has 0 bridgehead atoms. The fourth-order valence-electron chi connectivity index (χ4n) is 1.87. The summed E-state index contributed by atoms with van der Waals surface area (Å²) in [6.07, 6.45) is 1.03. The minimum atomic E-state index is -0.114. The first kappa shape index (κ1) is 16.4. The fraction of sp³-hybridized carbons (Fsp3) is 0.600. The molecule has 0 atom stereocenters. The van der Waals surface area contributed by atoms with Crippen LogP contribution in [0.3, 0.4) is 0 Å². The lowest BCUT2D eigenvalue weighted by molar-refractivity contribution is 0.0944. The first-order valence-electron chi connectivity index (χ1n) is 7.42. The number of carbonyl (C=O) groups is 1. The molecule has 5 nitrogen and oxygen atoms in total. The maximum Gasteiger partial charge on any atom is 0.270 e. The highest BCUT2D eigenvalue weighted by atomic mass is 16.1. The third-order valence-electron chi connectivity index (χ3n) is 3.15. The van der Waals surface area contributed by atoms with Crippen molar-refractivity contribution in [1.82, 2.24) is 15.2 Å². The van der Waals surface area contributed by atoms with E-state index in [1.807, 2.05) is 12.1 Å². The van der Waals surface area contributed by atoms with Gasteiger partial charge in [-0.05, 0) is 31.6 Å². The minimum Gasteiger partial charge on any atom is -0.370 e. The molecule has 1 rings (SSSR count). The summed E-state index contributed by atoms with van der Waals surface area (Å²) in [5, 5.41) is 6.09. The summed E-state index contributed by atoms with van der Waals surface area (Å²) in [6.45, 7) is 10.7. The Labute approximate surface area is 121 Å². The van der Waals surface area contributed by atoms with Crippen LogP contribution in [0.5, 0.6) is 0 Å². The molecule has 5 heteroatoms. The molecule has 0 aliphatic heterocycles. The Balaban J connectivity index is 2.46. The van der Waals surface area contributed by atoms with Crippen molar-refractivity contribution in [2.75, 3.05) is 38.0 Å². The first-order chi connectivity index (χ1) is 9.71. The van der Waals surface area contributed by atoms with Gasteiger partial charge in [-0.3, -0.25) is 4.79 Å². The molecule has 20 heavy (non-hydrogen) atoms. The lowest BCUT2D eigenvalue weighted by atomic mass is 10.3. The van der Waals surface area contributed by atoms with E-state index in [9.17, 15) is 4.79 Å². The van der Waals surface area contributed by atoms with Crippen LogP contribution >= 0.6 is 0 Å². The molecule has 1 aromatic heterocycles. The van der Waals surface area contributed by atoms with Gasteiger partial charge < -0.3 is 15.5 Å². The third kappa shape index (κ3) is 5.57. The number of amides is 1. The number of hydrogen-bond donors (Lipinski definition) is 2. The normalized spacial score (nSPS) is 10.6. The van der Waals surface area contributed by atoms with E-state index < -0.39 is 0 Å². The predicted molar refractivity (Wildman–Crippen MR) is 83.1 cm³/mol. The molecule has 1 aromatic rings. The maximum absolute atomic E-state index is 12.0. The van der Waals surface area contributed by atoms with Crippen LogP contribution in [-0.2, 0) is 0 Å². The largest absolute Gasteiger partial charge is 0.370 e. The topological polar surface area (TPSA) is 57.3 Å². The quantitative estimate of drug-likeness (QED) is 0.725. The molecule has 1 heterocycles. The highest BCUT2D eigenvalue weighted by Gasteiger charge is 2.08. The van der Waals surface area contributed by atoms with Gasteiger partial charge in [0.2, 0.25) is 0 Å². The van der Waals surface area contributed by atoms with Gasteiger partial charge in [-0.15, -0.1) is 0 Å². The standard InChI is InChI=1S/C15H26N4O/c1-4-10-16-14-9-7-8-13(18-14)15(20)17-11-12-19(5-2)6-3/h7-9H,4-6,10-12H2,1-3H3,(H,16,18)(H,17,20). The Morgan fingerprint density at radius 2 is 1.95 bits per heavy atom. The summed E-state index contributed by atoms with van der Waals surface area (Å²) in [7, 11) is 0. The summed E-state index contributed by atoms with van der Waals surface area (Å²) in [5.41, 5.74) is 0.464. The van der Waals surface area contributed by atoms with Crippen LogP contribution in [0, 0.1) is 0 Å². The van der Waals surface area contributed by atoms with Gasteiger partial charge in [-0.25, -0.2) is 4.98 Å². The highest BCUT2D eigenvalue weighted by Crippen LogP contribution is 2.04. The van der Waals surface area contributed by atoms with Crippen LogP contribution in [-0.4, -0.2) is 48.5 Å². The monoisotopic (exact) mass is 278 g/mol. The number of aromatic nitrogens is 1. The van der Waals surface area contributed by atoms with Crippen molar-refractivity contribution in [3.05, 3.63) is 23.9 Å². The number of pyridine rings is 1. The number of hydrogen-bond acceptors (Lipinski definition) is 4. The van der Waals surface area contributed by atoms with E-state index in [1.165, 1.54) is 0 Å². The molecular weight excluding hydrogens is 252 g/mol. The van der Waals surface area contributed by atoms with Crippen molar-refractivity contribution >= 4 is 11.7 Å². The number of rotatable bonds is 9. The Kier molecular flexibility index (Phi) is 7.65. The van der Waals surface area contributed by atoms with Gasteiger partial charge in [-0.2, -0.15) is 0 Å². The van der Waals surface area contributed by atoms with Gasteiger partial charge in [0, 0.05) is 19.6 Å². The van der Waals surface area contributed by atoms with Gasteiger partial charge in [0.05, 0.1) is 0 Å². The molecule has 0 saturated carbocycles. The van der Waals surface area contributed by atoms with Crippen molar-refractivity contribution < 1.29 is 4.79 Å². The molecule has 0 unspecified atom stereocenters. The Morgan fingerprint density at radius 1 is 1.20 bits per heavy atom. The van der Waals surface area contributed by atoms with Crippen LogP contribution < -0.4 is 10.6 Å². The Bertz CT molecular complexity index is 405. The zero-order valence-electron chi connectivity index (χ0n) is 12.8. The molecular formula is C15H26N4O. The molecule has 112 valence electrons. The van der Waals surface area contributed by atoms with E-state index in [-0.39, 0.29) is 5.91 Å². The zero-order valence-corrected chi connectivity index (χ0v) is 12.8. The molecule has 0 aliphatic rings. The summed E-state index contributed by atoms with van der Waals surface area (Å²) in [4.78, 5) is 18.6. The Morgan fingerprint density at radius 3 is 2.60 bits per heavy atom. The van der Waals surface area contributed by atoms with E-state index in [4.69, 9.17) is 0 Å². The average molecular weight is 278 g/mol. The van der Waals surface area contributed by atoms with Crippen molar-refractivity contribution in [2.45, 2.75) is 27.2 Å². The van der Waals surface area contributed by atoms with Crippen LogP contribution in [0.4, 0.5) is 5.82 Å². The van der Waals surface area contributed by atoms with Crippen molar-refractivity contribution in [2.24, 2.45) is 0 Å². The molecule has 2 N–H and O–H groups in total. The molecule has 0 aromatic carbocycles. The third-order valence-corrected chi connectivity index (χ3v) is 3.15. The number of anilines is 1. The van der Waals surface area contributed by atoms with Crippen LogP contribution in [0.1, 0.15) is 37.7 Å². The second kappa shape index (κ2) is 9.31. The van der Waals surface area contributed by atoms with E-state index >= 15 is 0 Å². The second-order valence-corrected chi connectivity index (χ2v) is 4.62. The van der Waals surface area contributed by atoms with Crippen LogP contribution in [0.2, 0.25) is 0 Å². The predicted octanol–water partition coefficient (Wildman–Crippen LogP) is 1.98. The van der Waals surface area contributed by atoms with E-state index in [0.29, 0.717) is 12.2 Å². The molecule has 0 fully saturated rings.